The molecule has 0 spiro atoms. The fourth-order valence-electron chi connectivity index (χ4n) is 1.20. The second kappa shape index (κ2) is 4.68. The monoisotopic (exact) mass is 212 g/mol. The highest BCUT2D eigenvalue weighted by Gasteiger charge is 2.11. The summed E-state index contributed by atoms with van der Waals surface area (Å²) in [6, 6.07) is 3.04. The average Bonchev–Trinajstić information content (AvgIpc) is 2.18. The van der Waals surface area contributed by atoms with Gasteiger partial charge in [-0.1, -0.05) is 19.1 Å². The second-order valence-electron chi connectivity index (χ2n) is 2.96. The summed E-state index contributed by atoms with van der Waals surface area (Å²) in [5, 5.41) is 8.83. The van der Waals surface area contributed by atoms with E-state index in [9.17, 15) is 13.6 Å². The van der Waals surface area contributed by atoms with E-state index in [1.165, 1.54) is 12.1 Å². The van der Waals surface area contributed by atoms with Crippen molar-refractivity contribution in [2.24, 2.45) is 0 Å². The van der Waals surface area contributed by atoms with Gasteiger partial charge >= 0.3 is 5.97 Å². The Morgan fingerprint density at radius 2 is 2.07 bits per heavy atom. The molecule has 0 saturated heterocycles. The SMILES string of the molecule is CCC=C(C(=O)O)c1ccc(F)c(F)c1. The summed E-state index contributed by atoms with van der Waals surface area (Å²) < 4.78 is 25.5. The maximum atomic E-state index is 12.8. The van der Waals surface area contributed by atoms with E-state index < -0.39 is 17.6 Å². The minimum atomic E-state index is -1.15. The molecule has 0 heterocycles. The molecule has 0 aliphatic rings. The lowest BCUT2D eigenvalue weighted by Crippen LogP contribution is -2.00. The van der Waals surface area contributed by atoms with E-state index in [2.05, 4.69) is 0 Å². The lowest BCUT2D eigenvalue weighted by Gasteiger charge is -2.02. The van der Waals surface area contributed by atoms with Crippen molar-refractivity contribution in [1.82, 2.24) is 0 Å². The van der Waals surface area contributed by atoms with E-state index in [0.717, 1.165) is 12.1 Å². The lowest BCUT2D eigenvalue weighted by molar-refractivity contribution is -0.130. The first-order valence-corrected chi connectivity index (χ1v) is 4.45. The summed E-state index contributed by atoms with van der Waals surface area (Å²) in [4.78, 5) is 10.8. The number of carboxylic acid groups (broad SMARTS) is 1. The number of rotatable bonds is 3. The Balaban J connectivity index is 3.19. The fraction of sp³-hybridized carbons (Fsp3) is 0.182. The maximum absolute atomic E-state index is 12.8. The molecule has 2 nitrogen and oxygen atoms in total. The molecule has 15 heavy (non-hydrogen) atoms. The summed E-state index contributed by atoms with van der Waals surface area (Å²) in [5.41, 5.74) is 0.152. The van der Waals surface area contributed by atoms with Crippen molar-refractivity contribution in [3.05, 3.63) is 41.5 Å². The minimum absolute atomic E-state index is 0.0172. The Kier molecular flexibility index (Phi) is 3.55. The van der Waals surface area contributed by atoms with Gasteiger partial charge in [-0.15, -0.1) is 0 Å². The van der Waals surface area contributed by atoms with Gasteiger partial charge in [0.25, 0.3) is 0 Å². The smallest absolute Gasteiger partial charge is 0.335 e. The molecule has 0 amide bonds. The fourth-order valence-corrected chi connectivity index (χ4v) is 1.20. The predicted octanol–water partition coefficient (Wildman–Crippen LogP) is 2.84. The Morgan fingerprint density at radius 3 is 2.53 bits per heavy atom. The highest BCUT2D eigenvalue weighted by Crippen LogP contribution is 2.18. The number of halogens is 2. The number of allylic oxidation sites excluding steroid dienone is 1. The molecular formula is C11H10F2O2. The zero-order chi connectivity index (χ0) is 11.4. The molecule has 0 aliphatic carbocycles. The van der Waals surface area contributed by atoms with Crippen molar-refractivity contribution in [1.29, 1.82) is 0 Å². The summed E-state index contributed by atoms with van der Waals surface area (Å²) in [6.07, 6.45) is 1.97. The van der Waals surface area contributed by atoms with E-state index in [1.54, 1.807) is 6.92 Å². The van der Waals surface area contributed by atoms with Crippen LogP contribution < -0.4 is 0 Å². The van der Waals surface area contributed by atoms with Crippen molar-refractivity contribution in [2.45, 2.75) is 13.3 Å². The zero-order valence-corrected chi connectivity index (χ0v) is 8.13. The number of hydrogen-bond donors (Lipinski definition) is 1. The van der Waals surface area contributed by atoms with Gasteiger partial charge in [-0.3, -0.25) is 0 Å². The number of aliphatic carboxylic acids is 1. The van der Waals surface area contributed by atoms with Crippen LogP contribution in [0.1, 0.15) is 18.9 Å². The Hall–Kier alpha value is -1.71. The lowest BCUT2D eigenvalue weighted by atomic mass is 10.0. The maximum Gasteiger partial charge on any atom is 0.335 e. The highest BCUT2D eigenvalue weighted by molar-refractivity contribution is 6.15. The number of benzene rings is 1. The topological polar surface area (TPSA) is 37.3 Å². The molecular weight excluding hydrogens is 202 g/mol. The van der Waals surface area contributed by atoms with Gasteiger partial charge in [0.15, 0.2) is 11.6 Å². The van der Waals surface area contributed by atoms with Crippen LogP contribution in [0.15, 0.2) is 24.3 Å². The van der Waals surface area contributed by atoms with Crippen LogP contribution in [0.5, 0.6) is 0 Å². The Bertz CT molecular complexity index is 411. The summed E-state index contributed by atoms with van der Waals surface area (Å²) in [6.45, 7) is 1.77. The third-order valence-corrected chi connectivity index (χ3v) is 1.87. The average molecular weight is 212 g/mol. The van der Waals surface area contributed by atoms with Crippen LogP contribution in [-0.4, -0.2) is 11.1 Å². The molecule has 0 saturated carbocycles. The van der Waals surface area contributed by atoms with Gasteiger partial charge in [0.2, 0.25) is 0 Å². The summed E-state index contributed by atoms with van der Waals surface area (Å²) >= 11 is 0. The van der Waals surface area contributed by atoms with Crippen LogP contribution in [0.3, 0.4) is 0 Å². The molecule has 80 valence electrons. The van der Waals surface area contributed by atoms with Crippen molar-refractivity contribution < 1.29 is 18.7 Å². The van der Waals surface area contributed by atoms with Gasteiger partial charge in [0.1, 0.15) is 0 Å². The molecule has 0 atom stereocenters. The van der Waals surface area contributed by atoms with E-state index in [1.807, 2.05) is 0 Å². The highest BCUT2D eigenvalue weighted by atomic mass is 19.2. The standard InChI is InChI=1S/C11H10F2O2/c1-2-3-8(11(14)15)7-4-5-9(12)10(13)6-7/h3-6H,2H2,1H3,(H,14,15). The van der Waals surface area contributed by atoms with Gasteiger partial charge in [-0.2, -0.15) is 0 Å². The van der Waals surface area contributed by atoms with Crippen molar-refractivity contribution in [2.75, 3.05) is 0 Å². The molecule has 1 aromatic carbocycles. The van der Waals surface area contributed by atoms with Crippen LogP contribution in [0.25, 0.3) is 5.57 Å². The molecule has 0 radical (unpaired) electrons. The predicted molar refractivity (Wildman–Crippen MR) is 52.3 cm³/mol. The van der Waals surface area contributed by atoms with Crippen molar-refractivity contribution in [3.8, 4) is 0 Å². The van der Waals surface area contributed by atoms with Crippen LogP contribution in [0, 0.1) is 11.6 Å². The van der Waals surface area contributed by atoms with Gasteiger partial charge in [-0.25, -0.2) is 13.6 Å². The quantitative estimate of drug-likeness (QED) is 0.782. The minimum Gasteiger partial charge on any atom is -0.478 e. The Morgan fingerprint density at radius 1 is 1.40 bits per heavy atom. The number of hydrogen-bond acceptors (Lipinski definition) is 1. The summed E-state index contributed by atoms with van der Waals surface area (Å²) in [7, 11) is 0. The largest absolute Gasteiger partial charge is 0.478 e. The molecule has 0 unspecified atom stereocenters. The molecule has 0 bridgehead atoms. The van der Waals surface area contributed by atoms with Gasteiger partial charge in [-0.05, 0) is 24.1 Å². The van der Waals surface area contributed by atoms with Crippen molar-refractivity contribution in [3.63, 3.8) is 0 Å². The van der Waals surface area contributed by atoms with Crippen LogP contribution >= 0.6 is 0 Å². The molecule has 1 aromatic rings. The molecule has 0 aliphatic heterocycles. The molecule has 1 rings (SSSR count). The van der Waals surface area contributed by atoms with Crippen LogP contribution in [-0.2, 0) is 4.79 Å². The molecule has 4 heteroatoms. The third kappa shape index (κ3) is 2.62. The number of carboxylic acids is 1. The normalized spacial score (nSPS) is 11.5. The molecule has 0 fully saturated rings. The van der Waals surface area contributed by atoms with E-state index >= 15 is 0 Å². The first kappa shape index (κ1) is 11.4. The summed E-state index contributed by atoms with van der Waals surface area (Å²) in [5.74, 6) is -3.18. The number of carbonyl (C=O) groups is 1. The van der Waals surface area contributed by atoms with Crippen LogP contribution in [0.2, 0.25) is 0 Å². The van der Waals surface area contributed by atoms with Crippen LogP contribution in [0.4, 0.5) is 8.78 Å². The van der Waals surface area contributed by atoms with Gasteiger partial charge in [0, 0.05) is 0 Å². The second-order valence-corrected chi connectivity index (χ2v) is 2.96. The first-order chi connectivity index (χ1) is 7.06. The third-order valence-electron chi connectivity index (χ3n) is 1.87. The molecule has 1 N–H and O–H groups in total. The zero-order valence-electron chi connectivity index (χ0n) is 8.13. The van der Waals surface area contributed by atoms with Gasteiger partial charge in [0.05, 0.1) is 5.57 Å². The van der Waals surface area contributed by atoms with Gasteiger partial charge < -0.3 is 5.11 Å². The molecule has 0 aromatic heterocycles. The first-order valence-electron chi connectivity index (χ1n) is 4.45. The van der Waals surface area contributed by atoms with E-state index in [-0.39, 0.29) is 11.1 Å². The van der Waals surface area contributed by atoms with E-state index in [0.29, 0.717) is 6.42 Å². The van der Waals surface area contributed by atoms with Crippen molar-refractivity contribution >= 4 is 11.5 Å². The Labute approximate surface area is 85.9 Å². The van der Waals surface area contributed by atoms with E-state index in [4.69, 9.17) is 5.11 Å².